The summed E-state index contributed by atoms with van der Waals surface area (Å²) >= 11 is 6.07. The van der Waals surface area contributed by atoms with E-state index in [1.807, 2.05) is 13.8 Å². The highest BCUT2D eigenvalue weighted by Gasteiger charge is 2.14. The SMILES string of the molecule is Cc1noc(CNc2ncnc(Cl)c2C(C)C)n1. The third kappa shape index (κ3) is 2.76. The molecule has 0 radical (unpaired) electrons. The van der Waals surface area contributed by atoms with Crippen molar-refractivity contribution in [2.24, 2.45) is 0 Å². The number of halogens is 1. The Kier molecular flexibility index (Phi) is 3.76. The molecule has 18 heavy (non-hydrogen) atoms. The van der Waals surface area contributed by atoms with Crippen LogP contribution in [0.2, 0.25) is 5.15 Å². The largest absolute Gasteiger partial charge is 0.361 e. The Labute approximate surface area is 110 Å². The van der Waals surface area contributed by atoms with Gasteiger partial charge in [-0.25, -0.2) is 9.97 Å². The van der Waals surface area contributed by atoms with E-state index in [0.717, 1.165) is 5.56 Å². The summed E-state index contributed by atoms with van der Waals surface area (Å²) in [5.74, 6) is 2.04. The summed E-state index contributed by atoms with van der Waals surface area (Å²) in [4.78, 5) is 12.3. The number of hydrogen-bond acceptors (Lipinski definition) is 6. The van der Waals surface area contributed by atoms with Crippen molar-refractivity contribution in [3.05, 3.63) is 28.8 Å². The highest BCUT2D eigenvalue weighted by molar-refractivity contribution is 6.30. The van der Waals surface area contributed by atoms with Crippen molar-refractivity contribution in [1.82, 2.24) is 20.1 Å². The van der Waals surface area contributed by atoms with Crippen LogP contribution in [0, 0.1) is 6.92 Å². The predicted octanol–water partition coefficient (Wildman–Crippen LogP) is 2.56. The normalized spacial score (nSPS) is 10.9. The predicted molar refractivity (Wildman–Crippen MR) is 67.5 cm³/mol. The molecule has 0 bridgehead atoms. The van der Waals surface area contributed by atoms with Crippen LogP contribution in [-0.4, -0.2) is 20.1 Å². The summed E-state index contributed by atoms with van der Waals surface area (Å²) < 4.78 is 5.02. The van der Waals surface area contributed by atoms with E-state index in [1.54, 1.807) is 6.92 Å². The zero-order valence-corrected chi connectivity index (χ0v) is 11.2. The molecule has 2 aromatic rings. The lowest BCUT2D eigenvalue weighted by atomic mass is 10.1. The van der Waals surface area contributed by atoms with Gasteiger partial charge in [-0.05, 0) is 12.8 Å². The summed E-state index contributed by atoms with van der Waals surface area (Å²) in [6.07, 6.45) is 1.43. The minimum Gasteiger partial charge on any atom is -0.361 e. The first kappa shape index (κ1) is 12.8. The van der Waals surface area contributed by atoms with E-state index in [-0.39, 0.29) is 5.92 Å². The third-order valence-electron chi connectivity index (χ3n) is 2.39. The Morgan fingerprint density at radius 1 is 1.39 bits per heavy atom. The highest BCUT2D eigenvalue weighted by atomic mass is 35.5. The fraction of sp³-hybridized carbons (Fsp3) is 0.455. The number of anilines is 1. The second-order valence-corrected chi connectivity index (χ2v) is 4.53. The molecule has 0 amide bonds. The molecular formula is C11H14ClN5O. The first-order chi connectivity index (χ1) is 8.58. The molecule has 0 aromatic carbocycles. The van der Waals surface area contributed by atoms with Crippen LogP contribution in [0.5, 0.6) is 0 Å². The fourth-order valence-corrected chi connectivity index (χ4v) is 1.95. The highest BCUT2D eigenvalue weighted by Crippen LogP contribution is 2.27. The van der Waals surface area contributed by atoms with Crippen molar-refractivity contribution < 1.29 is 4.52 Å². The molecule has 2 heterocycles. The molecule has 2 aromatic heterocycles. The van der Waals surface area contributed by atoms with Crippen molar-refractivity contribution in [1.29, 1.82) is 0 Å². The first-order valence-corrected chi connectivity index (χ1v) is 5.99. The number of nitrogens with one attached hydrogen (secondary N) is 1. The van der Waals surface area contributed by atoms with Gasteiger partial charge in [0.1, 0.15) is 17.3 Å². The molecule has 0 aliphatic carbocycles. The topological polar surface area (TPSA) is 76.7 Å². The quantitative estimate of drug-likeness (QED) is 0.858. The molecule has 96 valence electrons. The maximum absolute atomic E-state index is 6.07. The number of nitrogens with zero attached hydrogens (tertiary/aromatic N) is 4. The van der Waals surface area contributed by atoms with Crippen LogP contribution in [0.25, 0.3) is 0 Å². The van der Waals surface area contributed by atoms with Gasteiger partial charge in [0.25, 0.3) is 0 Å². The molecule has 0 saturated carbocycles. The van der Waals surface area contributed by atoms with E-state index in [4.69, 9.17) is 16.1 Å². The van der Waals surface area contributed by atoms with Gasteiger partial charge in [-0.2, -0.15) is 4.98 Å². The van der Waals surface area contributed by atoms with Crippen molar-refractivity contribution >= 4 is 17.4 Å². The standard InChI is InChI=1S/C11H14ClN5O/c1-6(2)9-10(12)14-5-15-11(9)13-4-8-16-7(3)17-18-8/h5-6H,4H2,1-3H3,(H,13,14,15). The fourth-order valence-electron chi connectivity index (χ4n) is 1.60. The van der Waals surface area contributed by atoms with Crippen LogP contribution >= 0.6 is 11.6 Å². The first-order valence-electron chi connectivity index (χ1n) is 5.61. The van der Waals surface area contributed by atoms with Gasteiger partial charge in [-0.3, -0.25) is 0 Å². The van der Waals surface area contributed by atoms with Crippen molar-refractivity contribution in [2.75, 3.05) is 5.32 Å². The average molecular weight is 268 g/mol. The minimum absolute atomic E-state index is 0.227. The molecule has 0 spiro atoms. The van der Waals surface area contributed by atoms with Gasteiger partial charge in [0.2, 0.25) is 5.89 Å². The zero-order valence-electron chi connectivity index (χ0n) is 10.4. The van der Waals surface area contributed by atoms with Crippen LogP contribution in [0.15, 0.2) is 10.9 Å². The Morgan fingerprint density at radius 3 is 2.78 bits per heavy atom. The van der Waals surface area contributed by atoms with Crippen LogP contribution in [0.1, 0.15) is 37.0 Å². The second-order valence-electron chi connectivity index (χ2n) is 4.17. The van der Waals surface area contributed by atoms with Crippen LogP contribution < -0.4 is 5.32 Å². The molecule has 0 unspecified atom stereocenters. The van der Waals surface area contributed by atoms with Crippen molar-refractivity contribution in [3.8, 4) is 0 Å². The number of aryl methyl sites for hydroxylation is 1. The molecular weight excluding hydrogens is 254 g/mol. The van der Waals surface area contributed by atoms with E-state index in [2.05, 4.69) is 25.4 Å². The summed E-state index contributed by atoms with van der Waals surface area (Å²) in [6, 6.07) is 0. The molecule has 7 heteroatoms. The van der Waals surface area contributed by atoms with Gasteiger partial charge in [-0.1, -0.05) is 30.6 Å². The summed E-state index contributed by atoms with van der Waals surface area (Å²) in [5, 5.41) is 7.31. The van der Waals surface area contributed by atoms with E-state index in [1.165, 1.54) is 6.33 Å². The van der Waals surface area contributed by atoms with Crippen LogP contribution in [-0.2, 0) is 6.54 Å². The zero-order chi connectivity index (χ0) is 13.1. The molecule has 6 nitrogen and oxygen atoms in total. The van der Waals surface area contributed by atoms with Gasteiger partial charge in [0.15, 0.2) is 5.82 Å². The van der Waals surface area contributed by atoms with Crippen molar-refractivity contribution in [3.63, 3.8) is 0 Å². The minimum atomic E-state index is 0.227. The van der Waals surface area contributed by atoms with Crippen molar-refractivity contribution in [2.45, 2.75) is 33.2 Å². The smallest absolute Gasteiger partial charge is 0.245 e. The van der Waals surface area contributed by atoms with E-state index in [9.17, 15) is 0 Å². The van der Waals surface area contributed by atoms with E-state index >= 15 is 0 Å². The Bertz CT molecular complexity index is 540. The Hall–Kier alpha value is -1.69. The maximum Gasteiger partial charge on any atom is 0.245 e. The number of rotatable bonds is 4. The molecule has 0 aliphatic rings. The van der Waals surface area contributed by atoms with Crippen LogP contribution in [0.3, 0.4) is 0 Å². The van der Waals surface area contributed by atoms with Gasteiger partial charge in [0.05, 0.1) is 6.54 Å². The molecule has 0 saturated heterocycles. The molecule has 0 aliphatic heterocycles. The van der Waals surface area contributed by atoms with E-state index < -0.39 is 0 Å². The molecule has 0 atom stereocenters. The second kappa shape index (κ2) is 5.30. The molecule has 1 N–H and O–H groups in total. The Morgan fingerprint density at radius 2 is 2.17 bits per heavy atom. The molecule has 2 rings (SSSR count). The summed E-state index contributed by atoms with van der Waals surface area (Å²) in [6.45, 7) is 6.25. The van der Waals surface area contributed by atoms with Crippen LogP contribution in [0.4, 0.5) is 5.82 Å². The molecule has 0 fully saturated rings. The monoisotopic (exact) mass is 267 g/mol. The Balaban J connectivity index is 2.16. The summed E-state index contributed by atoms with van der Waals surface area (Å²) in [7, 11) is 0. The lowest BCUT2D eigenvalue weighted by molar-refractivity contribution is 0.379. The third-order valence-corrected chi connectivity index (χ3v) is 2.69. The van der Waals surface area contributed by atoms with Gasteiger partial charge >= 0.3 is 0 Å². The lowest BCUT2D eigenvalue weighted by Crippen LogP contribution is -2.07. The maximum atomic E-state index is 6.07. The van der Waals surface area contributed by atoms with Gasteiger partial charge in [0, 0.05) is 5.56 Å². The summed E-state index contributed by atoms with van der Waals surface area (Å²) in [5.41, 5.74) is 0.885. The number of hydrogen-bond donors (Lipinski definition) is 1. The average Bonchev–Trinajstić information content (AvgIpc) is 2.72. The number of aromatic nitrogens is 4. The van der Waals surface area contributed by atoms with Gasteiger partial charge in [-0.15, -0.1) is 0 Å². The lowest BCUT2D eigenvalue weighted by Gasteiger charge is -2.12. The van der Waals surface area contributed by atoms with Gasteiger partial charge < -0.3 is 9.84 Å². The van der Waals surface area contributed by atoms with E-state index in [0.29, 0.717) is 29.2 Å².